The van der Waals surface area contributed by atoms with Gasteiger partial charge in [0.05, 0.1) is 12.1 Å². The maximum Gasteiger partial charge on any atom is 0.108 e. The van der Waals surface area contributed by atoms with Crippen LogP contribution in [0.3, 0.4) is 0 Å². The Labute approximate surface area is 104 Å². The summed E-state index contributed by atoms with van der Waals surface area (Å²) in [5.41, 5.74) is 0.331. The number of rotatable bonds is 3. The predicted octanol–water partition coefficient (Wildman–Crippen LogP) is 2.95. The highest BCUT2D eigenvalue weighted by Crippen LogP contribution is 2.41. The third kappa shape index (κ3) is 2.71. The Bertz CT molecular complexity index is 370. The van der Waals surface area contributed by atoms with Gasteiger partial charge in [-0.15, -0.1) is 0 Å². The Kier molecular flexibility index (Phi) is 3.57. The number of aromatic nitrogens is 2. The second kappa shape index (κ2) is 4.81. The summed E-state index contributed by atoms with van der Waals surface area (Å²) in [5, 5.41) is 10.2. The normalized spacial score (nSPS) is 28.2. The average molecular weight is 236 g/mol. The number of hydrogen-bond acceptors (Lipinski definition) is 2. The van der Waals surface area contributed by atoms with Crippen molar-refractivity contribution in [2.75, 3.05) is 0 Å². The smallest absolute Gasteiger partial charge is 0.108 e. The lowest BCUT2D eigenvalue weighted by molar-refractivity contribution is 0.0268. The van der Waals surface area contributed by atoms with Crippen LogP contribution >= 0.6 is 0 Å². The van der Waals surface area contributed by atoms with E-state index in [1.165, 1.54) is 0 Å². The Morgan fingerprint density at radius 1 is 1.53 bits per heavy atom. The van der Waals surface area contributed by atoms with E-state index in [0.717, 1.165) is 37.9 Å². The Hall–Kier alpha value is -0.830. The molecule has 1 N–H and O–H groups in total. The van der Waals surface area contributed by atoms with E-state index in [4.69, 9.17) is 0 Å². The summed E-state index contributed by atoms with van der Waals surface area (Å²) in [4.78, 5) is 4.42. The first-order valence-corrected chi connectivity index (χ1v) is 6.73. The third-order valence-corrected chi connectivity index (χ3v) is 3.90. The molecule has 1 aliphatic carbocycles. The van der Waals surface area contributed by atoms with Gasteiger partial charge in [0.15, 0.2) is 0 Å². The van der Waals surface area contributed by atoms with Crippen molar-refractivity contribution in [3.63, 3.8) is 0 Å². The summed E-state index contributed by atoms with van der Waals surface area (Å²) < 4.78 is 2.20. The van der Waals surface area contributed by atoms with Gasteiger partial charge in [-0.1, -0.05) is 20.8 Å². The van der Waals surface area contributed by atoms with Gasteiger partial charge in [0, 0.05) is 18.8 Å². The van der Waals surface area contributed by atoms with Crippen LogP contribution in [-0.2, 0) is 6.42 Å². The molecule has 1 aromatic heterocycles. The molecule has 1 saturated carbocycles. The molecule has 2 rings (SSSR count). The van der Waals surface area contributed by atoms with E-state index in [1.807, 2.05) is 12.4 Å². The molecule has 96 valence electrons. The highest BCUT2D eigenvalue weighted by atomic mass is 16.3. The number of hydrogen-bond donors (Lipinski definition) is 1. The molecule has 0 amide bonds. The molecule has 0 bridgehead atoms. The number of imidazole rings is 1. The quantitative estimate of drug-likeness (QED) is 0.876. The molecule has 2 unspecified atom stereocenters. The molecule has 3 nitrogen and oxygen atoms in total. The fourth-order valence-electron chi connectivity index (χ4n) is 2.88. The molecule has 1 aromatic rings. The van der Waals surface area contributed by atoms with Crippen molar-refractivity contribution < 1.29 is 5.11 Å². The van der Waals surface area contributed by atoms with Crippen LogP contribution in [0.2, 0.25) is 0 Å². The van der Waals surface area contributed by atoms with Gasteiger partial charge in [-0.2, -0.15) is 0 Å². The second-order valence-electron chi connectivity index (χ2n) is 6.04. The lowest BCUT2D eigenvalue weighted by atomic mass is 9.74. The van der Waals surface area contributed by atoms with Gasteiger partial charge in [0.25, 0.3) is 0 Å². The molecule has 17 heavy (non-hydrogen) atoms. The topological polar surface area (TPSA) is 38.0 Å². The predicted molar refractivity (Wildman–Crippen MR) is 68.9 cm³/mol. The van der Waals surface area contributed by atoms with E-state index in [0.29, 0.717) is 5.41 Å². The molecule has 0 radical (unpaired) electrons. The molecule has 1 fully saturated rings. The molecule has 3 heteroatoms. The molecule has 0 saturated heterocycles. The van der Waals surface area contributed by atoms with Crippen LogP contribution in [0, 0.1) is 5.41 Å². The number of aliphatic hydroxyl groups is 1. The molecule has 1 heterocycles. The van der Waals surface area contributed by atoms with Crippen LogP contribution in [0.25, 0.3) is 0 Å². The zero-order valence-corrected chi connectivity index (χ0v) is 11.2. The van der Waals surface area contributed by atoms with E-state index in [-0.39, 0.29) is 12.1 Å². The van der Waals surface area contributed by atoms with Crippen LogP contribution < -0.4 is 0 Å². The molecular formula is C14H24N2O. The molecular weight excluding hydrogens is 212 g/mol. The van der Waals surface area contributed by atoms with Crippen molar-refractivity contribution in [2.24, 2.45) is 5.41 Å². The highest BCUT2D eigenvalue weighted by Gasteiger charge is 2.35. The van der Waals surface area contributed by atoms with Gasteiger partial charge in [0.1, 0.15) is 5.82 Å². The van der Waals surface area contributed by atoms with Crippen molar-refractivity contribution in [1.82, 2.24) is 9.55 Å². The van der Waals surface area contributed by atoms with Crippen molar-refractivity contribution in [3.8, 4) is 0 Å². The SMILES string of the molecule is CCCc1nccn1C1CC(C)(C)CCC1O. The number of aliphatic hydroxyl groups excluding tert-OH is 1. The van der Waals surface area contributed by atoms with E-state index in [2.05, 4.69) is 30.3 Å². The first-order chi connectivity index (χ1) is 8.03. The van der Waals surface area contributed by atoms with E-state index in [9.17, 15) is 5.11 Å². The lowest BCUT2D eigenvalue weighted by Crippen LogP contribution is -2.35. The molecule has 0 spiro atoms. The summed E-state index contributed by atoms with van der Waals surface area (Å²) in [5.74, 6) is 1.12. The van der Waals surface area contributed by atoms with Gasteiger partial charge in [-0.3, -0.25) is 0 Å². The Morgan fingerprint density at radius 3 is 3.00 bits per heavy atom. The largest absolute Gasteiger partial charge is 0.391 e. The first kappa shape index (κ1) is 12.6. The third-order valence-electron chi connectivity index (χ3n) is 3.90. The van der Waals surface area contributed by atoms with Crippen LogP contribution in [0.5, 0.6) is 0 Å². The molecule has 1 aliphatic rings. The highest BCUT2D eigenvalue weighted by molar-refractivity contribution is 5.00. The van der Waals surface area contributed by atoms with Crippen LogP contribution in [-0.4, -0.2) is 20.8 Å². The van der Waals surface area contributed by atoms with E-state index >= 15 is 0 Å². The summed E-state index contributed by atoms with van der Waals surface area (Å²) in [7, 11) is 0. The number of aryl methyl sites for hydroxylation is 1. The summed E-state index contributed by atoms with van der Waals surface area (Å²) in [6.45, 7) is 6.75. The second-order valence-corrected chi connectivity index (χ2v) is 6.04. The van der Waals surface area contributed by atoms with Gasteiger partial charge in [0.2, 0.25) is 0 Å². The molecule has 0 aliphatic heterocycles. The Morgan fingerprint density at radius 2 is 2.29 bits per heavy atom. The maximum absolute atomic E-state index is 10.2. The van der Waals surface area contributed by atoms with Crippen LogP contribution in [0.4, 0.5) is 0 Å². The number of nitrogens with zero attached hydrogens (tertiary/aromatic N) is 2. The summed E-state index contributed by atoms with van der Waals surface area (Å²) in [6, 6.07) is 0.211. The van der Waals surface area contributed by atoms with Crippen LogP contribution in [0.15, 0.2) is 12.4 Å². The van der Waals surface area contributed by atoms with Crippen molar-refractivity contribution in [2.45, 2.75) is 65.0 Å². The minimum Gasteiger partial charge on any atom is -0.391 e. The maximum atomic E-state index is 10.2. The van der Waals surface area contributed by atoms with Crippen molar-refractivity contribution in [1.29, 1.82) is 0 Å². The molecule has 2 atom stereocenters. The van der Waals surface area contributed by atoms with Gasteiger partial charge >= 0.3 is 0 Å². The minimum atomic E-state index is -0.215. The van der Waals surface area contributed by atoms with Crippen molar-refractivity contribution >= 4 is 0 Å². The fraction of sp³-hybridized carbons (Fsp3) is 0.786. The van der Waals surface area contributed by atoms with Crippen LogP contribution in [0.1, 0.15) is 58.3 Å². The minimum absolute atomic E-state index is 0.211. The molecule has 0 aromatic carbocycles. The lowest BCUT2D eigenvalue weighted by Gasteiger charge is -2.39. The Balaban J connectivity index is 2.21. The zero-order chi connectivity index (χ0) is 12.5. The summed E-state index contributed by atoms with van der Waals surface area (Å²) in [6.07, 6.45) is 8.83. The average Bonchev–Trinajstić information content (AvgIpc) is 2.70. The zero-order valence-electron chi connectivity index (χ0n) is 11.2. The van der Waals surface area contributed by atoms with E-state index < -0.39 is 0 Å². The standard InChI is InChI=1S/C14H24N2O/c1-4-5-13-15-8-9-16(13)11-10-14(2,3)7-6-12(11)17/h8-9,11-12,17H,4-7,10H2,1-3H3. The van der Waals surface area contributed by atoms with Gasteiger partial charge in [-0.05, 0) is 31.1 Å². The monoisotopic (exact) mass is 236 g/mol. The van der Waals surface area contributed by atoms with Crippen molar-refractivity contribution in [3.05, 3.63) is 18.2 Å². The van der Waals surface area contributed by atoms with E-state index in [1.54, 1.807) is 0 Å². The first-order valence-electron chi connectivity index (χ1n) is 6.73. The summed E-state index contributed by atoms with van der Waals surface area (Å²) >= 11 is 0. The van der Waals surface area contributed by atoms with Gasteiger partial charge < -0.3 is 9.67 Å². The fourth-order valence-corrected chi connectivity index (χ4v) is 2.88. The van der Waals surface area contributed by atoms with Gasteiger partial charge in [-0.25, -0.2) is 4.98 Å².